The van der Waals surface area contributed by atoms with Crippen LogP contribution in [0.25, 0.3) is 0 Å². The van der Waals surface area contributed by atoms with Crippen molar-refractivity contribution in [2.24, 2.45) is 0 Å². The molecule has 1 amide bonds. The number of hydrogen-bond acceptors (Lipinski definition) is 2. The van der Waals surface area contributed by atoms with Gasteiger partial charge in [0.2, 0.25) is 5.91 Å². The van der Waals surface area contributed by atoms with E-state index in [0.717, 1.165) is 11.3 Å². The van der Waals surface area contributed by atoms with Gasteiger partial charge < -0.3 is 10.0 Å². The van der Waals surface area contributed by atoms with Gasteiger partial charge in [-0.3, -0.25) is 4.79 Å². The first-order valence-corrected chi connectivity index (χ1v) is 5.17. The first kappa shape index (κ1) is 9.52. The van der Waals surface area contributed by atoms with Crippen LogP contribution in [0, 0.1) is 0 Å². The van der Waals surface area contributed by atoms with Gasteiger partial charge in [-0.15, -0.1) is 0 Å². The topological polar surface area (TPSA) is 40.5 Å². The molecule has 0 spiro atoms. The van der Waals surface area contributed by atoms with E-state index in [1.54, 1.807) is 24.1 Å². The second kappa shape index (κ2) is 3.28. The Morgan fingerprint density at radius 2 is 2.14 bits per heavy atom. The molecule has 3 nitrogen and oxygen atoms in total. The molecule has 1 heterocycles. The van der Waals surface area contributed by atoms with Gasteiger partial charge in [0, 0.05) is 19.2 Å². The molecule has 0 bridgehead atoms. The Morgan fingerprint density at radius 1 is 1.43 bits per heavy atom. The van der Waals surface area contributed by atoms with Crippen LogP contribution in [0.4, 0.5) is 5.69 Å². The zero-order valence-corrected chi connectivity index (χ0v) is 9.34. The maximum absolute atomic E-state index is 11.4. The number of halogens is 1. The number of hydrogen-bond donors (Lipinski definition) is 1. The van der Waals surface area contributed by atoms with Crippen LogP contribution in [-0.2, 0) is 11.2 Å². The predicted molar refractivity (Wildman–Crippen MR) is 57.5 cm³/mol. The van der Waals surface area contributed by atoms with Gasteiger partial charge in [-0.25, -0.2) is 0 Å². The summed E-state index contributed by atoms with van der Waals surface area (Å²) >= 11 is 3.23. The third-order valence-electron chi connectivity index (χ3n) is 2.49. The van der Waals surface area contributed by atoms with Crippen LogP contribution in [0.3, 0.4) is 0 Å². The quantitative estimate of drug-likeness (QED) is 0.771. The highest BCUT2D eigenvalue weighted by Gasteiger charge is 2.21. The van der Waals surface area contributed by atoms with E-state index in [9.17, 15) is 9.90 Å². The molecule has 0 saturated carbocycles. The van der Waals surface area contributed by atoms with Crippen LogP contribution >= 0.6 is 15.9 Å². The molecular formula is C10H10BrNO2. The Labute approximate surface area is 90.5 Å². The van der Waals surface area contributed by atoms with Gasteiger partial charge in [0.05, 0.1) is 4.47 Å². The van der Waals surface area contributed by atoms with Crippen LogP contribution < -0.4 is 4.90 Å². The van der Waals surface area contributed by atoms with Gasteiger partial charge in [-0.2, -0.15) is 0 Å². The van der Waals surface area contributed by atoms with Crippen molar-refractivity contribution in [1.29, 1.82) is 0 Å². The maximum atomic E-state index is 11.4. The molecule has 1 N–H and O–H groups in total. The molecular weight excluding hydrogens is 246 g/mol. The van der Waals surface area contributed by atoms with Crippen molar-refractivity contribution in [1.82, 2.24) is 0 Å². The number of fused-ring (bicyclic) bond motifs is 1. The highest BCUT2D eigenvalue weighted by molar-refractivity contribution is 9.10. The minimum absolute atomic E-state index is 0.120. The molecule has 0 atom stereocenters. The van der Waals surface area contributed by atoms with Crippen LogP contribution in [0.1, 0.15) is 12.0 Å². The zero-order chi connectivity index (χ0) is 10.3. The number of carbonyl (C=O) groups is 1. The Morgan fingerprint density at radius 3 is 2.86 bits per heavy atom. The summed E-state index contributed by atoms with van der Waals surface area (Å²) in [5.74, 6) is 0.349. The molecule has 0 radical (unpaired) electrons. The van der Waals surface area contributed by atoms with E-state index in [2.05, 4.69) is 15.9 Å². The van der Waals surface area contributed by atoms with Gasteiger partial charge in [-0.1, -0.05) is 0 Å². The Bertz CT molecular complexity index is 403. The maximum Gasteiger partial charge on any atom is 0.227 e. The Hall–Kier alpha value is -1.03. The van der Waals surface area contributed by atoms with Crippen molar-refractivity contribution in [3.63, 3.8) is 0 Å². The Kier molecular flexibility index (Phi) is 2.23. The fourth-order valence-corrected chi connectivity index (χ4v) is 1.98. The fourth-order valence-electron chi connectivity index (χ4n) is 1.65. The SMILES string of the molecule is CN1C(=O)CCc2cc(O)c(Br)cc21. The molecule has 1 aliphatic heterocycles. The highest BCUT2D eigenvalue weighted by Crippen LogP contribution is 2.35. The van der Waals surface area contributed by atoms with Gasteiger partial charge in [0.1, 0.15) is 5.75 Å². The lowest BCUT2D eigenvalue weighted by molar-refractivity contribution is -0.118. The summed E-state index contributed by atoms with van der Waals surface area (Å²) in [7, 11) is 1.75. The van der Waals surface area contributed by atoms with Crippen molar-refractivity contribution in [2.45, 2.75) is 12.8 Å². The van der Waals surface area contributed by atoms with Gasteiger partial charge >= 0.3 is 0 Å². The van der Waals surface area contributed by atoms with Crippen molar-refractivity contribution >= 4 is 27.5 Å². The average molecular weight is 256 g/mol. The van der Waals surface area contributed by atoms with Gasteiger partial charge in [0.25, 0.3) is 0 Å². The molecule has 0 aromatic heterocycles. The summed E-state index contributed by atoms with van der Waals surface area (Å²) in [6, 6.07) is 3.49. The van der Waals surface area contributed by atoms with E-state index in [1.807, 2.05) is 0 Å². The zero-order valence-electron chi connectivity index (χ0n) is 7.75. The minimum atomic E-state index is 0.120. The molecule has 74 valence electrons. The monoisotopic (exact) mass is 255 g/mol. The summed E-state index contributed by atoms with van der Waals surface area (Å²) in [6.07, 6.45) is 1.23. The minimum Gasteiger partial charge on any atom is -0.507 e. The van der Waals surface area contributed by atoms with Gasteiger partial charge in [0.15, 0.2) is 0 Å². The molecule has 4 heteroatoms. The number of amides is 1. The molecule has 1 aromatic rings. The number of phenolic OH excluding ortho intramolecular Hbond substituents is 1. The van der Waals surface area contributed by atoms with Crippen LogP contribution in [-0.4, -0.2) is 18.1 Å². The van der Waals surface area contributed by atoms with Crippen molar-refractivity contribution in [3.8, 4) is 5.75 Å². The number of nitrogens with zero attached hydrogens (tertiary/aromatic N) is 1. The molecule has 0 fully saturated rings. The van der Waals surface area contributed by atoms with Crippen LogP contribution in [0.2, 0.25) is 0 Å². The summed E-state index contributed by atoms with van der Waals surface area (Å²) in [5.41, 5.74) is 1.90. The molecule has 14 heavy (non-hydrogen) atoms. The summed E-state index contributed by atoms with van der Waals surface area (Å²) in [5, 5.41) is 9.48. The second-order valence-corrected chi connectivity index (χ2v) is 4.24. The predicted octanol–water partition coefficient (Wildman–Crippen LogP) is 2.06. The van der Waals surface area contributed by atoms with Crippen molar-refractivity contribution in [3.05, 3.63) is 22.2 Å². The van der Waals surface area contributed by atoms with E-state index in [0.29, 0.717) is 17.3 Å². The van der Waals surface area contributed by atoms with E-state index in [-0.39, 0.29) is 11.7 Å². The lowest BCUT2D eigenvalue weighted by atomic mass is 10.0. The molecule has 1 aliphatic rings. The lowest BCUT2D eigenvalue weighted by Gasteiger charge is -2.26. The molecule has 1 aromatic carbocycles. The number of anilines is 1. The third-order valence-corrected chi connectivity index (χ3v) is 3.13. The van der Waals surface area contributed by atoms with Crippen molar-refractivity contribution in [2.75, 3.05) is 11.9 Å². The number of phenols is 1. The van der Waals surface area contributed by atoms with E-state index < -0.39 is 0 Å². The highest BCUT2D eigenvalue weighted by atomic mass is 79.9. The van der Waals surface area contributed by atoms with Crippen LogP contribution in [0.5, 0.6) is 5.75 Å². The van der Waals surface area contributed by atoms with E-state index in [1.165, 1.54) is 0 Å². The molecule has 0 aliphatic carbocycles. The van der Waals surface area contributed by atoms with E-state index >= 15 is 0 Å². The number of aryl methyl sites for hydroxylation is 1. The largest absolute Gasteiger partial charge is 0.507 e. The van der Waals surface area contributed by atoms with Gasteiger partial charge in [-0.05, 0) is 40.0 Å². The summed E-state index contributed by atoms with van der Waals surface area (Å²) in [6.45, 7) is 0. The fraction of sp³-hybridized carbons (Fsp3) is 0.300. The first-order chi connectivity index (χ1) is 6.59. The average Bonchev–Trinajstić information content (AvgIpc) is 2.15. The second-order valence-electron chi connectivity index (χ2n) is 3.39. The van der Waals surface area contributed by atoms with Crippen molar-refractivity contribution < 1.29 is 9.90 Å². The standard InChI is InChI=1S/C10H10BrNO2/c1-12-8-5-7(11)9(13)4-6(8)2-3-10(12)14/h4-5,13H,2-3H2,1H3. The van der Waals surface area contributed by atoms with Crippen LogP contribution in [0.15, 0.2) is 16.6 Å². The summed E-state index contributed by atoms with van der Waals surface area (Å²) < 4.78 is 0.623. The third kappa shape index (κ3) is 1.39. The summed E-state index contributed by atoms with van der Waals surface area (Å²) in [4.78, 5) is 13.0. The van der Waals surface area contributed by atoms with E-state index in [4.69, 9.17) is 0 Å². The number of aromatic hydroxyl groups is 1. The number of benzene rings is 1. The first-order valence-electron chi connectivity index (χ1n) is 4.37. The Balaban J connectivity index is 2.55. The number of carbonyl (C=O) groups excluding carboxylic acids is 1. The molecule has 0 saturated heterocycles. The molecule has 2 rings (SSSR count). The number of rotatable bonds is 0. The molecule has 0 unspecified atom stereocenters. The lowest BCUT2D eigenvalue weighted by Crippen LogP contribution is -2.30. The normalized spacial score (nSPS) is 15.6. The smallest absolute Gasteiger partial charge is 0.227 e.